The van der Waals surface area contributed by atoms with Crippen LogP contribution in [-0.2, 0) is 5.75 Å². The van der Waals surface area contributed by atoms with Crippen LogP contribution < -0.4 is 15.3 Å². The smallest absolute Gasteiger partial charge is 0.210 e. The van der Waals surface area contributed by atoms with Crippen LogP contribution in [0.25, 0.3) is 11.4 Å². The van der Waals surface area contributed by atoms with Crippen molar-refractivity contribution in [2.75, 3.05) is 20.1 Å². The van der Waals surface area contributed by atoms with E-state index in [1.54, 1.807) is 44.6 Å². The third-order valence-corrected chi connectivity index (χ3v) is 5.39. The molecule has 1 aromatic heterocycles. The normalized spacial score (nSPS) is 10.8. The summed E-state index contributed by atoms with van der Waals surface area (Å²) in [6.07, 6.45) is 0. The van der Waals surface area contributed by atoms with Gasteiger partial charge >= 0.3 is 0 Å². The minimum absolute atomic E-state index is 0.513. The van der Waals surface area contributed by atoms with Crippen LogP contribution in [-0.4, -0.2) is 29.1 Å². The molecule has 3 rings (SSSR count). The second-order valence-electron chi connectivity index (χ2n) is 5.23. The van der Waals surface area contributed by atoms with Gasteiger partial charge in [0.15, 0.2) is 17.3 Å². The van der Waals surface area contributed by atoms with Crippen LogP contribution in [0.5, 0.6) is 11.5 Å². The van der Waals surface area contributed by atoms with Gasteiger partial charge in [-0.2, -0.15) is 0 Å². The summed E-state index contributed by atoms with van der Waals surface area (Å²) in [5.74, 6) is 8.43. The van der Waals surface area contributed by atoms with Gasteiger partial charge in [-0.1, -0.05) is 41.0 Å². The number of methoxy groups -OCH3 is 2. The fourth-order valence-electron chi connectivity index (χ4n) is 2.35. The maximum Gasteiger partial charge on any atom is 0.210 e. The largest absolute Gasteiger partial charge is 0.493 e. The first-order chi connectivity index (χ1) is 12.5. The summed E-state index contributed by atoms with van der Waals surface area (Å²) in [7, 11) is 3.15. The van der Waals surface area contributed by atoms with Crippen LogP contribution in [0.2, 0.25) is 10.0 Å². The van der Waals surface area contributed by atoms with Gasteiger partial charge in [-0.3, -0.25) is 0 Å². The Hall–Kier alpha value is -2.09. The number of hydrogen-bond donors (Lipinski definition) is 1. The molecule has 9 heteroatoms. The predicted octanol–water partition coefficient (Wildman–Crippen LogP) is 4.28. The van der Waals surface area contributed by atoms with Crippen molar-refractivity contribution < 1.29 is 9.47 Å². The van der Waals surface area contributed by atoms with Crippen LogP contribution in [0, 0.1) is 0 Å². The molecule has 2 N–H and O–H groups in total. The molecule has 26 heavy (non-hydrogen) atoms. The average Bonchev–Trinajstić information content (AvgIpc) is 3.01. The van der Waals surface area contributed by atoms with Crippen molar-refractivity contribution in [2.45, 2.75) is 10.9 Å². The third kappa shape index (κ3) is 3.70. The van der Waals surface area contributed by atoms with Crippen LogP contribution in [0.15, 0.2) is 41.6 Å². The summed E-state index contributed by atoms with van der Waals surface area (Å²) in [6, 6.07) is 10.8. The zero-order valence-corrected chi connectivity index (χ0v) is 16.4. The van der Waals surface area contributed by atoms with E-state index in [-0.39, 0.29) is 0 Å². The van der Waals surface area contributed by atoms with Crippen LogP contribution in [0.3, 0.4) is 0 Å². The number of thioether (sulfide) groups is 1. The molecule has 0 aliphatic carbocycles. The summed E-state index contributed by atoms with van der Waals surface area (Å²) in [6.45, 7) is 0. The van der Waals surface area contributed by atoms with E-state index >= 15 is 0 Å². The summed E-state index contributed by atoms with van der Waals surface area (Å²) in [5.41, 5.74) is 1.59. The Balaban J connectivity index is 1.84. The molecule has 136 valence electrons. The minimum Gasteiger partial charge on any atom is -0.493 e. The minimum atomic E-state index is 0.513. The second kappa shape index (κ2) is 8.07. The first-order valence-electron chi connectivity index (χ1n) is 7.53. The number of ether oxygens (including phenoxy) is 2. The summed E-state index contributed by atoms with van der Waals surface area (Å²) in [5, 5.41) is 10.1. The van der Waals surface area contributed by atoms with E-state index < -0.39 is 0 Å². The third-order valence-electron chi connectivity index (χ3n) is 3.71. The van der Waals surface area contributed by atoms with Gasteiger partial charge in [-0.05, 0) is 35.9 Å². The van der Waals surface area contributed by atoms with E-state index in [0.29, 0.717) is 38.3 Å². The standard InChI is InChI=1S/C17H16Cl2N4O2S/c1-24-14-7-6-10(8-15(14)25-2)16-21-22-17(23(16)20)26-9-11-12(18)4-3-5-13(11)19/h3-8H,9,20H2,1-2H3. The molecule has 0 saturated heterocycles. The van der Waals surface area contributed by atoms with Crippen molar-refractivity contribution in [3.8, 4) is 22.9 Å². The van der Waals surface area contributed by atoms with Gasteiger partial charge in [0.1, 0.15) is 0 Å². The Morgan fingerprint density at radius 1 is 1.04 bits per heavy atom. The van der Waals surface area contributed by atoms with Gasteiger partial charge in [-0.25, -0.2) is 4.68 Å². The first-order valence-corrected chi connectivity index (χ1v) is 9.28. The lowest BCUT2D eigenvalue weighted by Crippen LogP contribution is -2.11. The van der Waals surface area contributed by atoms with Gasteiger partial charge < -0.3 is 15.3 Å². The highest BCUT2D eigenvalue weighted by Gasteiger charge is 2.16. The van der Waals surface area contributed by atoms with Gasteiger partial charge in [0.25, 0.3) is 0 Å². The van der Waals surface area contributed by atoms with Crippen molar-refractivity contribution in [1.29, 1.82) is 0 Å². The fourth-order valence-corrected chi connectivity index (χ4v) is 3.95. The van der Waals surface area contributed by atoms with E-state index in [1.165, 1.54) is 16.4 Å². The number of aromatic nitrogens is 3. The molecule has 0 spiro atoms. The number of halogens is 2. The number of rotatable bonds is 6. The maximum absolute atomic E-state index is 6.20. The molecule has 0 fully saturated rings. The molecule has 3 aromatic rings. The zero-order valence-electron chi connectivity index (χ0n) is 14.1. The van der Waals surface area contributed by atoms with Crippen molar-refractivity contribution in [3.63, 3.8) is 0 Å². The molecular weight excluding hydrogens is 395 g/mol. The predicted molar refractivity (Wildman–Crippen MR) is 105 cm³/mol. The maximum atomic E-state index is 6.20. The number of nitrogen functional groups attached to an aromatic ring is 1. The molecule has 2 aromatic carbocycles. The van der Waals surface area contributed by atoms with Crippen LogP contribution >= 0.6 is 35.0 Å². The van der Waals surface area contributed by atoms with Crippen molar-refractivity contribution in [2.24, 2.45) is 0 Å². The number of nitrogens with two attached hydrogens (primary N) is 1. The molecule has 0 bridgehead atoms. The first kappa shape index (κ1) is 18.7. The van der Waals surface area contributed by atoms with Crippen LogP contribution in [0.1, 0.15) is 5.56 Å². The quantitative estimate of drug-likeness (QED) is 0.482. The van der Waals surface area contributed by atoms with Gasteiger partial charge in [0.2, 0.25) is 5.16 Å². The molecule has 0 atom stereocenters. The van der Waals surface area contributed by atoms with E-state index in [1.807, 2.05) is 6.07 Å². The summed E-state index contributed by atoms with van der Waals surface area (Å²) in [4.78, 5) is 0. The lowest BCUT2D eigenvalue weighted by atomic mass is 10.2. The van der Waals surface area contributed by atoms with Crippen molar-refractivity contribution >= 4 is 35.0 Å². The lowest BCUT2D eigenvalue weighted by Gasteiger charge is -2.09. The van der Waals surface area contributed by atoms with Gasteiger partial charge in [0.05, 0.1) is 14.2 Å². The Morgan fingerprint density at radius 2 is 1.73 bits per heavy atom. The molecule has 1 heterocycles. The highest BCUT2D eigenvalue weighted by Crippen LogP contribution is 2.34. The van der Waals surface area contributed by atoms with E-state index in [2.05, 4.69) is 10.2 Å². The van der Waals surface area contributed by atoms with Crippen molar-refractivity contribution in [3.05, 3.63) is 52.0 Å². The molecule has 0 aliphatic rings. The molecule has 0 radical (unpaired) electrons. The highest BCUT2D eigenvalue weighted by molar-refractivity contribution is 7.98. The Kier molecular flexibility index (Phi) is 5.80. The Bertz CT molecular complexity index is 913. The summed E-state index contributed by atoms with van der Waals surface area (Å²) >= 11 is 13.8. The molecule has 0 amide bonds. The van der Waals surface area contributed by atoms with E-state index in [0.717, 1.165) is 11.1 Å². The van der Waals surface area contributed by atoms with Gasteiger partial charge in [0, 0.05) is 21.4 Å². The number of benzene rings is 2. The number of hydrogen-bond acceptors (Lipinski definition) is 6. The Morgan fingerprint density at radius 3 is 2.38 bits per heavy atom. The average molecular weight is 411 g/mol. The summed E-state index contributed by atoms with van der Waals surface area (Å²) < 4.78 is 12.0. The SMILES string of the molecule is COc1ccc(-c2nnc(SCc3c(Cl)cccc3Cl)n2N)cc1OC. The zero-order chi connectivity index (χ0) is 18.7. The molecule has 0 saturated carbocycles. The van der Waals surface area contributed by atoms with E-state index in [9.17, 15) is 0 Å². The fraction of sp³-hybridized carbons (Fsp3) is 0.176. The monoisotopic (exact) mass is 410 g/mol. The lowest BCUT2D eigenvalue weighted by molar-refractivity contribution is 0.355. The molecular formula is C17H16Cl2N4O2S. The molecule has 0 unspecified atom stereocenters. The molecule has 6 nitrogen and oxygen atoms in total. The Labute approximate surface area is 165 Å². The number of nitrogens with zero attached hydrogens (tertiary/aromatic N) is 3. The molecule has 0 aliphatic heterocycles. The van der Waals surface area contributed by atoms with Crippen molar-refractivity contribution in [1.82, 2.24) is 14.9 Å². The topological polar surface area (TPSA) is 75.2 Å². The second-order valence-corrected chi connectivity index (χ2v) is 6.99. The highest BCUT2D eigenvalue weighted by atomic mass is 35.5. The van der Waals surface area contributed by atoms with Gasteiger partial charge in [-0.15, -0.1) is 10.2 Å². The van der Waals surface area contributed by atoms with Crippen LogP contribution in [0.4, 0.5) is 0 Å². The van der Waals surface area contributed by atoms with E-state index in [4.69, 9.17) is 38.5 Å².